The van der Waals surface area contributed by atoms with E-state index in [1.54, 1.807) is 16.8 Å². The average molecular weight is 382 g/mol. The minimum atomic E-state index is -0.267. The van der Waals surface area contributed by atoms with Gasteiger partial charge in [-0.25, -0.2) is 9.37 Å². The fourth-order valence-corrected chi connectivity index (χ4v) is 2.59. The van der Waals surface area contributed by atoms with Crippen LogP contribution in [0.1, 0.15) is 11.3 Å². The summed E-state index contributed by atoms with van der Waals surface area (Å²) < 4.78 is 16.1. The van der Waals surface area contributed by atoms with Gasteiger partial charge in [0.1, 0.15) is 5.82 Å². The van der Waals surface area contributed by atoms with Crippen LogP contribution >= 0.6 is 22.6 Å². The number of nitrogens with two attached hydrogens (primary N) is 1. The number of aryl methyl sites for hydroxylation is 1. The number of hydrogen-bond acceptors (Lipinski definition) is 3. The van der Waals surface area contributed by atoms with E-state index < -0.39 is 0 Å². The predicted molar refractivity (Wildman–Crippen MR) is 84.9 cm³/mol. The maximum Gasteiger partial charge on any atom is 0.201 e. The summed E-state index contributed by atoms with van der Waals surface area (Å²) in [6.07, 6.45) is 1.74. The molecule has 2 heterocycles. The standard InChI is InChI=1S/C14H12FIN4/c1-8-3-2-4-18-12(8)7-20-13-5-9(15)10(16)6-11(13)19-14(20)17/h2-6H,7H2,1H3,(H2,17,19). The molecule has 2 aromatic heterocycles. The Morgan fingerprint density at radius 1 is 1.40 bits per heavy atom. The van der Waals surface area contributed by atoms with Gasteiger partial charge >= 0.3 is 0 Å². The highest BCUT2D eigenvalue weighted by molar-refractivity contribution is 14.1. The zero-order valence-corrected chi connectivity index (χ0v) is 12.9. The molecule has 4 nitrogen and oxygen atoms in total. The Labute approximate surface area is 129 Å². The number of nitrogens with zero attached hydrogens (tertiary/aromatic N) is 3. The molecule has 0 atom stereocenters. The second kappa shape index (κ2) is 5.01. The second-order valence-corrected chi connectivity index (χ2v) is 5.74. The number of nitrogen functional groups attached to an aromatic ring is 1. The topological polar surface area (TPSA) is 56.7 Å². The normalized spacial score (nSPS) is 11.2. The van der Waals surface area contributed by atoms with Crippen LogP contribution < -0.4 is 5.73 Å². The molecule has 2 N–H and O–H groups in total. The predicted octanol–water partition coefficient (Wildman–Crippen LogP) is 3.11. The summed E-state index contributed by atoms with van der Waals surface area (Å²) >= 11 is 1.94. The van der Waals surface area contributed by atoms with Crippen molar-refractivity contribution in [3.8, 4) is 0 Å². The molecule has 3 aromatic rings. The Morgan fingerprint density at radius 2 is 2.20 bits per heavy atom. The van der Waals surface area contributed by atoms with E-state index in [1.807, 2.05) is 41.6 Å². The molecule has 0 amide bonds. The SMILES string of the molecule is Cc1cccnc1Cn1c(N)nc2cc(I)c(F)cc21. The number of pyridine rings is 1. The number of rotatable bonds is 2. The number of imidazole rings is 1. The van der Waals surface area contributed by atoms with Gasteiger partial charge in [0, 0.05) is 12.3 Å². The van der Waals surface area contributed by atoms with E-state index in [9.17, 15) is 4.39 Å². The Hall–Kier alpha value is -1.70. The highest BCUT2D eigenvalue weighted by Crippen LogP contribution is 2.24. The van der Waals surface area contributed by atoms with Gasteiger partial charge in [-0.2, -0.15) is 0 Å². The highest BCUT2D eigenvalue weighted by atomic mass is 127. The Balaban J connectivity index is 2.14. The maximum atomic E-state index is 13.8. The van der Waals surface area contributed by atoms with E-state index >= 15 is 0 Å². The van der Waals surface area contributed by atoms with Gasteiger partial charge in [-0.05, 0) is 47.2 Å². The fourth-order valence-electron chi connectivity index (χ4n) is 2.14. The van der Waals surface area contributed by atoms with Crippen molar-refractivity contribution >= 4 is 39.6 Å². The molecule has 0 saturated heterocycles. The molecule has 0 spiro atoms. The number of aromatic nitrogens is 3. The summed E-state index contributed by atoms with van der Waals surface area (Å²) in [5, 5.41) is 0. The zero-order valence-electron chi connectivity index (χ0n) is 10.8. The minimum Gasteiger partial charge on any atom is -0.369 e. The molecule has 0 bridgehead atoms. The Bertz CT molecular complexity index is 797. The van der Waals surface area contributed by atoms with Gasteiger partial charge in [-0.15, -0.1) is 0 Å². The van der Waals surface area contributed by atoms with Crippen molar-refractivity contribution in [3.63, 3.8) is 0 Å². The van der Waals surface area contributed by atoms with Gasteiger partial charge < -0.3 is 10.3 Å². The van der Waals surface area contributed by atoms with E-state index in [4.69, 9.17) is 5.73 Å². The number of fused-ring (bicyclic) bond motifs is 1. The Morgan fingerprint density at radius 3 is 2.95 bits per heavy atom. The first-order valence-electron chi connectivity index (χ1n) is 6.07. The van der Waals surface area contributed by atoms with Crippen LogP contribution in [0.15, 0.2) is 30.5 Å². The monoisotopic (exact) mass is 382 g/mol. The van der Waals surface area contributed by atoms with Crippen LogP contribution in [0.5, 0.6) is 0 Å². The van der Waals surface area contributed by atoms with Gasteiger partial charge in [-0.3, -0.25) is 4.98 Å². The van der Waals surface area contributed by atoms with Crippen LogP contribution in [-0.4, -0.2) is 14.5 Å². The summed E-state index contributed by atoms with van der Waals surface area (Å²) in [6.45, 7) is 2.47. The summed E-state index contributed by atoms with van der Waals surface area (Å²) in [4.78, 5) is 8.62. The van der Waals surface area contributed by atoms with Crippen LogP contribution in [0.4, 0.5) is 10.3 Å². The van der Waals surface area contributed by atoms with Crippen molar-refractivity contribution in [2.75, 3.05) is 5.73 Å². The van der Waals surface area contributed by atoms with Crippen molar-refractivity contribution in [2.45, 2.75) is 13.5 Å². The average Bonchev–Trinajstić information content (AvgIpc) is 2.69. The van der Waals surface area contributed by atoms with Crippen LogP contribution in [0, 0.1) is 16.3 Å². The number of benzene rings is 1. The quantitative estimate of drug-likeness (QED) is 0.693. The van der Waals surface area contributed by atoms with E-state index in [2.05, 4.69) is 9.97 Å². The molecule has 6 heteroatoms. The third-order valence-corrected chi connectivity index (χ3v) is 4.07. The summed E-state index contributed by atoms with van der Waals surface area (Å²) in [7, 11) is 0. The lowest BCUT2D eigenvalue weighted by molar-refractivity contribution is 0.621. The molecule has 0 unspecified atom stereocenters. The van der Waals surface area contributed by atoms with Gasteiger partial charge in [0.15, 0.2) is 0 Å². The van der Waals surface area contributed by atoms with Crippen molar-refractivity contribution in [3.05, 3.63) is 51.1 Å². The van der Waals surface area contributed by atoms with Crippen molar-refractivity contribution in [1.29, 1.82) is 0 Å². The van der Waals surface area contributed by atoms with Gasteiger partial charge in [0.25, 0.3) is 0 Å². The number of anilines is 1. The smallest absolute Gasteiger partial charge is 0.201 e. The first kappa shape index (κ1) is 13.3. The van der Waals surface area contributed by atoms with Gasteiger partial charge in [0.05, 0.1) is 26.8 Å². The molecular formula is C14H12FIN4. The molecule has 1 aromatic carbocycles. The lowest BCUT2D eigenvalue weighted by Crippen LogP contribution is -2.07. The Kier molecular flexibility index (Phi) is 3.33. The molecule has 3 rings (SSSR count). The third kappa shape index (κ3) is 2.24. The maximum absolute atomic E-state index is 13.8. The van der Waals surface area contributed by atoms with Crippen LogP contribution in [0.3, 0.4) is 0 Å². The minimum absolute atomic E-state index is 0.267. The molecular weight excluding hydrogens is 370 g/mol. The zero-order chi connectivity index (χ0) is 14.3. The lowest BCUT2D eigenvalue weighted by Gasteiger charge is -2.08. The molecule has 0 radical (unpaired) electrons. The van der Waals surface area contributed by atoms with E-state index in [0.717, 1.165) is 11.3 Å². The fraction of sp³-hybridized carbons (Fsp3) is 0.143. The van der Waals surface area contributed by atoms with E-state index in [-0.39, 0.29) is 5.82 Å². The second-order valence-electron chi connectivity index (χ2n) is 4.58. The molecule has 0 aliphatic heterocycles. The van der Waals surface area contributed by atoms with E-state index in [0.29, 0.717) is 27.1 Å². The van der Waals surface area contributed by atoms with Gasteiger partial charge in [0.2, 0.25) is 5.95 Å². The first-order valence-corrected chi connectivity index (χ1v) is 7.15. The summed E-state index contributed by atoms with van der Waals surface area (Å²) in [5.74, 6) is 0.100. The summed E-state index contributed by atoms with van der Waals surface area (Å²) in [5.41, 5.74) is 9.30. The molecule has 0 aliphatic carbocycles. The first-order chi connectivity index (χ1) is 9.56. The molecule has 0 saturated carbocycles. The number of hydrogen-bond donors (Lipinski definition) is 1. The molecule has 102 valence electrons. The van der Waals surface area contributed by atoms with E-state index in [1.165, 1.54) is 6.07 Å². The largest absolute Gasteiger partial charge is 0.369 e. The molecule has 20 heavy (non-hydrogen) atoms. The number of halogens is 2. The van der Waals surface area contributed by atoms with Crippen molar-refractivity contribution < 1.29 is 4.39 Å². The molecule has 0 fully saturated rings. The highest BCUT2D eigenvalue weighted by Gasteiger charge is 2.13. The lowest BCUT2D eigenvalue weighted by atomic mass is 10.2. The van der Waals surface area contributed by atoms with Crippen molar-refractivity contribution in [1.82, 2.24) is 14.5 Å². The summed E-state index contributed by atoms with van der Waals surface area (Å²) in [6, 6.07) is 7.04. The molecule has 0 aliphatic rings. The third-order valence-electron chi connectivity index (χ3n) is 3.25. The van der Waals surface area contributed by atoms with Gasteiger partial charge in [-0.1, -0.05) is 6.07 Å². The van der Waals surface area contributed by atoms with Crippen LogP contribution in [0.25, 0.3) is 11.0 Å². The van der Waals surface area contributed by atoms with Crippen molar-refractivity contribution in [2.24, 2.45) is 0 Å². The van der Waals surface area contributed by atoms with Crippen LogP contribution in [0.2, 0.25) is 0 Å². The van der Waals surface area contributed by atoms with Crippen LogP contribution in [-0.2, 0) is 6.54 Å².